The van der Waals surface area contributed by atoms with Gasteiger partial charge in [0, 0.05) is 12.0 Å². The fourth-order valence-corrected chi connectivity index (χ4v) is 2.73. The van der Waals surface area contributed by atoms with E-state index in [1.807, 2.05) is 0 Å². The average molecular weight is 311 g/mol. The van der Waals surface area contributed by atoms with Crippen LogP contribution in [0.3, 0.4) is 0 Å². The summed E-state index contributed by atoms with van der Waals surface area (Å²) in [6, 6.07) is 3.79. The minimum Gasteiger partial charge on any atom is -0.316 e. The van der Waals surface area contributed by atoms with Gasteiger partial charge in [-0.2, -0.15) is 0 Å². The normalized spacial score (nSPS) is 11.3. The van der Waals surface area contributed by atoms with Crippen molar-refractivity contribution in [3.8, 4) is 10.6 Å². The van der Waals surface area contributed by atoms with Crippen molar-refractivity contribution in [2.24, 2.45) is 5.92 Å². The summed E-state index contributed by atoms with van der Waals surface area (Å²) in [5.41, 5.74) is 0.565. The molecule has 21 heavy (non-hydrogen) atoms. The first-order valence-corrected chi connectivity index (χ1v) is 7.86. The van der Waals surface area contributed by atoms with Gasteiger partial charge in [0.2, 0.25) is 0 Å². The summed E-state index contributed by atoms with van der Waals surface area (Å²) in [6.45, 7) is 6.30. The standard InChI is InChI=1S/C15H19F2N3S/c1-10(2)9-18-7-3-4-14-19-20-15(21-14)11-5-6-12(16)13(17)8-11/h5-6,8,10,18H,3-4,7,9H2,1-2H3. The molecule has 0 radical (unpaired) electrons. The van der Waals surface area contributed by atoms with Crippen molar-refractivity contribution in [2.75, 3.05) is 13.1 Å². The second-order valence-corrected chi connectivity index (χ2v) is 6.39. The van der Waals surface area contributed by atoms with E-state index in [-0.39, 0.29) is 0 Å². The van der Waals surface area contributed by atoms with E-state index < -0.39 is 11.6 Å². The van der Waals surface area contributed by atoms with Crippen LogP contribution in [0.4, 0.5) is 8.78 Å². The largest absolute Gasteiger partial charge is 0.316 e. The van der Waals surface area contributed by atoms with E-state index in [9.17, 15) is 8.78 Å². The number of nitrogens with zero attached hydrogens (tertiary/aromatic N) is 2. The van der Waals surface area contributed by atoms with Gasteiger partial charge >= 0.3 is 0 Å². The SMILES string of the molecule is CC(C)CNCCCc1nnc(-c2ccc(F)c(F)c2)s1. The number of nitrogens with one attached hydrogen (secondary N) is 1. The molecule has 0 unspecified atom stereocenters. The van der Waals surface area contributed by atoms with Gasteiger partial charge in [-0.3, -0.25) is 0 Å². The molecular formula is C15H19F2N3S. The van der Waals surface area contributed by atoms with Gasteiger partial charge in [-0.05, 0) is 43.6 Å². The van der Waals surface area contributed by atoms with Crippen molar-refractivity contribution in [3.63, 3.8) is 0 Å². The Bertz CT molecular complexity index is 584. The molecule has 0 aliphatic heterocycles. The third-order valence-corrected chi connectivity index (χ3v) is 3.96. The number of benzene rings is 1. The molecule has 1 heterocycles. The van der Waals surface area contributed by atoms with Crippen LogP contribution < -0.4 is 5.32 Å². The van der Waals surface area contributed by atoms with Crippen LogP contribution >= 0.6 is 11.3 Å². The fraction of sp³-hybridized carbons (Fsp3) is 0.467. The summed E-state index contributed by atoms with van der Waals surface area (Å²) in [6.07, 6.45) is 1.82. The van der Waals surface area contributed by atoms with Crippen LogP contribution in [-0.2, 0) is 6.42 Å². The van der Waals surface area contributed by atoms with Crippen LogP contribution in [0.1, 0.15) is 25.3 Å². The number of hydrogen-bond acceptors (Lipinski definition) is 4. The molecule has 2 rings (SSSR count). The zero-order valence-electron chi connectivity index (χ0n) is 12.2. The second kappa shape index (κ2) is 7.56. The highest BCUT2D eigenvalue weighted by Crippen LogP contribution is 2.25. The molecule has 3 nitrogen and oxygen atoms in total. The number of hydrogen-bond donors (Lipinski definition) is 1. The third kappa shape index (κ3) is 4.82. The Morgan fingerprint density at radius 2 is 2.00 bits per heavy atom. The number of aryl methyl sites for hydroxylation is 1. The van der Waals surface area contributed by atoms with Gasteiger partial charge in [-0.25, -0.2) is 8.78 Å². The number of aromatic nitrogens is 2. The lowest BCUT2D eigenvalue weighted by atomic mass is 10.2. The van der Waals surface area contributed by atoms with Gasteiger partial charge in [-0.1, -0.05) is 25.2 Å². The van der Waals surface area contributed by atoms with Gasteiger partial charge in [0.25, 0.3) is 0 Å². The first kappa shape index (κ1) is 16.0. The van der Waals surface area contributed by atoms with E-state index in [1.54, 1.807) is 0 Å². The molecule has 0 atom stereocenters. The topological polar surface area (TPSA) is 37.8 Å². The lowest BCUT2D eigenvalue weighted by molar-refractivity contribution is 0.509. The molecule has 0 aliphatic carbocycles. The molecule has 0 saturated carbocycles. The number of rotatable bonds is 7. The quantitative estimate of drug-likeness (QED) is 0.793. The monoisotopic (exact) mass is 311 g/mol. The van der Waals surface area contributed by atoms with Crippen LogP contribution in [-0.4, -0.2) is 23.3 Å². The molecule has 0 saturated heterocycles. The van der Waals surface area contributed by atoms with E-state index in [2.05, 4.69) is 29.4 Å². The maximum atomic E-state index is 13.2. The summed E-state index contributed by atoms with van der Waals surface area (Å²) in [5, 5.41) is 13.1. The molecule has 1 aromatic heterocycles. The molecular weight excluding hydrogens is 292 g/mol. The van der Waals surface area contributed by atoms with Gasteiger partial charge in [0.15, 0.2) is 11.6 Å². The highest BCUT2D eigenvalue weighted by atomic mass is 32.1. The van der Waals surface area contributed by atoms with Gasteiger partial charge in [0.05, 0.1) is 0 Å². The molecule has 1 aromatic carbocycles. The number of halogens is 2. The predicted octanol–water partition coefficient (Wildman–Crippen LogP) is 3.66. The molecule has 0 aliphatic rings. The highest BCUT2D eigenvalue weighted by molar-refractivity contribution is 7.14. The summed E-state index contributed by atoms with van der Waals surface area (Å²) >= 11 is 1.43. The van der Waals surface area contributed by atoms with Crippen molar-refractivity contribution in [3.05, 3.63) is 34.8 Å². The molecule has 114 valence electrons. The van der Waals surface area contributed by atoms with Crippen molar-refractivity contribution in [1.29, 1.82) is 0 Å². The summed E-state index contributed by atoms with van der Waals surface area (Å²) in [5.74, 6) is -1.06. The molecule has 2 aromatic rings. The summed E-state index contributed by atoms with van der Waals surface area (Å²) < 4.78 is 26.1. The van der Waals surface area contributed by atoms with Gasteiger partial charge in [-0.15, -0.1) is 10.2 Å². The molecule has 0 spiro atoms. The van der Waals surface area contributed by atoms with Crippen LogP contribution in [0, 0.1) is 17.6 Å². The minimum absolute atomic E-state index is 0.565. The van der Waals surface area contributed by atoms with Crippen molar-refractivity contribution < 1.29 is 8.78 Å². The Hall–Kier alpha value is -1.40. The van der Waals surface area contributed by atoms with E-state index in [0.29, 0.717) is 16.5 Å². The van der Waals surface area contributed by atoms with E-state index in [0.717, 1.165) is 43.1 Å². The Morgan fingerprint density at radius 3 is 2.71 bits per heavy atom. The zero-order chi connectivity index (χ0) is 15.2. The van der Waals surface area contributed by atoms with Crippen molar-refractivity contribution >= 4 is 11.3 Å². The predicted molar refractivity (Wildman–Crippen MR) is 81.3 cm³/mol. The summed E-state index contributed by atoms with van der Waals surface area (Å²) in [4.78, 5) is 0. The van der Waals surface area contributed by atoms with Crippen molar-refractivity contribution in [1.82, 2.24) is 15.5 Å². The van der Waals surface area contributed by atoms with E-state index in [1.165, 1.54) is 17.4 Å². The first-order valence-electron chi connectivity index (χ1n) is 7.05. The zero-order valence-corrected chi connectivity index (χ0v) is 13.0. The van der Waals surface area contributed by atoms with Crippen LogP contribution in [0.2, 0.25) is 0 Å². The van der Waals surface area contributed by atoms with E-state index in [4.69, 9.17) is 0 Å². The molecule has 0 bridgehead atoms. The summed E-state index contributed by atoms with van der Waals surface area (Å²) in [7, 11) is 0. The highest BCUT2D eigenvalue weighted by Gasteiger charge is 2.09. The Morgan fingerprint density at radius 1 is 1.19 bits per heavy atom. The Balaban J connectivity index is 1.87. The van der Waals surface area contributed by atoms with Crippen LogP contribution in [0.5, 0.6) is 0 Å². The molecule has 6 heteroatoms. The maximum Gasteiger partial charge on any atom is 0.159 e. The maximum absolute atomic E-state index is 13.2. The van der Waals surface area contributed by atoms with E-state index >= 15 is 0 Å². The average Bonchev–Trinajstić information content (AvgIpc) is 2.90. The lowest BCUT2D eigenvalue weighted by Crippen LogP contribution is -2.21. The van der Waals surface area contributed by atoms with Crippen LogP contribution in [0.15, 0.2) is 18.2 Å². The smallest absolute Gasteiger partial charge is 0.159 e. The lowest BCUT2D eigenvalue weighted by Gasteiger charge is -2.05. The molecule has 0 amide bonds. The molecule has 0 fully saturated rings. The second-order valence-electron chi connectivity index (χ2n) is 5.33. The van der Waals surface area contributed by atoms with Crippen LogP contribution in [0.25, 0.3) is 10.6 Å². The van der Waals surface area contributed by atoms with Gasteiger partial charge in [0.1, 0.15) is 10.0 Å². The van der Waals surface area contributed by atoms with Crippen molar-refractivity contribution in [2.45, 2.75) is 26.7 Å². The third-order valence-electron chi connectivity index (χ3n) is 2.93. The minimum atomic E-state index is -0.859. The molecule has 1 N–H and O–H groups in total. The Kier molecular flexibility index (Phi) is 5.76. The Labute approximate surface area is 127 Å². The van der Waals surface area contributed by atoms with Gasteiger partial charge < -0.3 is 5.32 Å². The fourth-order valence-electron chi connectivity index (χ4n) is 1.86. The first-order chi connectivity index (χ1) is 10.1.